The second-order valence-electron chi connectivity index (χ2n) is 6.84. The maximum absolute atomic E-state index is 12.8. The highest BCUT2D eigenvalue weighted by Crippen LogP contribution is 2.25. The number of nitrogens with one attached hydrogen (secondary N) is 1. The van der Waals surface area contributed by atoms with Crippen molar-refractivity contribution in [1.29, 1.82) is 0 Å². The van der Waals surface area contributed by atoms with Crippen LogP contribution in [0.1, 0.15) is 41.3 Å². The number of nitrogens with zero attached hydrogens (tertiary/aromatic N) is 1. The smallest absolute Gasteiger partial charge is 0.252 e. The van der Waals surface area contributed by atoms with Crippen LogP contribution in [0, 0.1) is 0 Å². The number of halogens is 1. The van der Waals surface area contributed by atoms with Crippen molar-refractivity contribution in [3.63, 3.8) is 0 Å². The van der Waals surface area contributed by atoms with Crippen molar-refractivity contribution in [3.05, 3.63) is 63.6 Å². The van der Waals surface area contributed by atoms with E-state index in [9.17, 15) is 13.2 Å². The average Bonchev–Trinajstić information content (AvgIpc) is 3.27. The molecule has 0 radical (unpaired) electrons. The molecule has 1 N–H and O–H groups in total. The Kier molecular flexibility index (Phi) is 7.45. The van der Waals surface area contributed by atoms with E-state index < -0.39 is 10.0 Å². The summed E-state index contributed by atoms with van der Waals surface area (Å²) in [6.45, 7) is 4.41. The fraction of sp³-hybridized carbons (Fsp3) is 0.381. The van der Waals surface area contributed by atoms with Crippen LogP contribution in [0.25, 0.3) is 0 Å². The number of hydrogen-bond donors (Lipinski definition) is 1. The van der Waals surface area contributed by atoms with Crippen molar-refractivity contribution in [1.82, 2.24) is 9.62 Å². The van der Waals surface area contributed by atoms with Gasteiger partial charge in [0.2, 0.25) is 10.0 Å². The average molecular weight is 481 g/mol. The summed E-state index contributed by atoms with van der Waals surface area (Å²) in [5, 5.41) is 2.89. The number of amides is 1. The summed E-state index contributed by atoms with van der Waals surface area (Å²) >= 11 is 3.37. The first-order chi connectivity index (χ1) is 13.9. The molecular formula is C21H25BrN2O4S. The molecule has 1 aliphatic rings. The summed E-state index contributed by atoms with van der Waals surface area (Å²) in [6.07, 6.45) is 1.73. The summed E-state index contributed by atoms with van der Waals surface area (Å²) in [5.41, 5.74) is 2.28. The predicted molar refractivity (Wildman–Crippen MR) is 115 cm³/mol. The normalized spacial score (nSPS) is 14.8. The van der Waals surface area contributed by atoms with Gasteiger partial charge in [-0.2, -0.15) is 4.31 Å². The molecule has 0 unspecified atom stereocenters. The largest absolute Gasteiger partial charge is 0.377 e. The van der Waals surface area contributed by atoms with Gasteiger partial charge in [0.05, 0.1) is 17.1 Å². The fourth-order valence-electron chi connectivity index (χ4n) is 3.27. The van der Waals surface area contributed by atoms with Crippen LogP contribution >= 0.6 is 15.9 Å². The van der Waals surface area contributed by atoms with Crippen LogP contribution in [0.2, 0.25) is 0 Å². The van der Waals surface area contributed by atoms with Crippen LogP contribution < -0.4 is 5.32 Å². The molecule has 0 atom stereocenters. The number of rotatable bonds is 8. The van der Waals surface area contributed by atoms with Gasteiger partial charge in [0, 0.05) is 30.7 Å². The van der Waals surface area contributed by atoms with Gasteiger partial charge >= 0.3 is 0 Å². The summed E-state index contributed by atoms with van der Waals surface area (Å²) < 4.78 is 33.1. The molecule has 1 amide bonds. The van der Waals surface area contributed by atoms with Gasteiger partial charge in [0.25, 0.3) is 5.91 Å². The SMILES string of the molecule is CCOCc1ccccc1CNC(=O)c1cc(S(=O)(=O)N2CCCC2)ccc1Br. The predicted octanol–water partition coefficient (Wildman–Crippen LogP) is 3.70. The molecule has 0 aromatic heterocycles. The zero-order valence-electron chi connectivity index (χ0n) is 16.4. The highest BCUT2D eigenvalue weighted by molar-refractivity contribution is 9.10. The lowest BCUT2D eigenvalue weighted by molar-refractivity contribution is 0.0948. The van der Waals surface area contributed by atoms with E-state index in [-0.39, 0.29) is 10.8 Å². The number of sulfonamides is 1. The molecule has 0 bridgehead atoms. The van der Waals surface area contributed by atoms with Crippen LogP contribution in [0.3, 0.4) is 0 Å². The third-order valence-electron chi connectivity index (χ3n) is 4.90. The monoisotopic (exact) mass is 480 g/mol. The molecule has 3 rings (SSSR count). The summed E-state index contributed by atoms with van der Waals surface area (Å²) in [7, 11) is -3.58. The second-order valence-corrected chi connectivity index (χ2v) is 9.63. The molecule has 1 aliphatic heterocycles. The number of carbonyl (C=O) groups excluding carboxylic acids is 1. The lowest BCUT2D eigenvalue weighted by atomic mass is 10.1. The lowest BCUT2D eigenvalue weighted by Crippen LogP contribution is -2.28. The molecule has 0 aliphatic carbocycles. The minimum Gasteiger partial charge on any atom is -0.377 e. The Morgan fingerprint density at radius 1 is 1.14 bits per heavy atom. The first-order valence-corrected chi connectivity index (χ1v) is 11.9. The molecule has 2 aromatic rings. The summed E-state index contributed by atoms with van der Waals surface area (Å²) in [5.74, 6) is -0.332. The third kappa shape index (κ3) is 5.25. The molecule has 0 saturated carbocycles. The molecule has 1 heterocycles. The third-order valence-corrected chi connectivity index (χ3v) is 7.49. The maximum Gasteiger partial charge on any atom is 0.252 e. The van der Waals surface area contributed by atoms with Gasteiger partial charge in [-0.15, -0.1) is 0 Å². The minimum atomic E-state index is -3.58. The molecule has 8 heteroatoms. The molecule has 1 saturated heterocycles. The van der Waals surface area contributed by atoms with Crippen LogP contribution in [-0.2, 0) is 27.9 Å². The zero-order valence-corrected chi connectivity index (χ0v) is 18.8. The molecule has 156 valence electrons. The van der Waals surface area contributed by atoms with Gasteiger partial charge in [-0.05, 0) is 65.0 Å². The van der Waals surface area contributed by atoms with E-state index in [4.69, 9.17) is 4.74 Å². The molecule has 1 fully saturated rings. The van der Waals surface area contributed by atoms with Crippen LogP contribution in [0.4, 0.5) is 0 Å². The first kappa shape index (κ1) is 22.0. The van der Waals surface area contributed by atoms with Crippen LogP contribution in [0.15, 0.2) is 51.8 Å². The van der Waals surface area contributed by atoms with Crippen molar-refractivity contribution in [2.75, 3.05) is 19.7 Å². The lowest BCUT2D eigenvalue weighted by Gasteiger charge is -2.17. The van der Waals surface area contributed by atoms with E-state index in [2.05, 4.69) is 21.2 Å². The van der Waals surface area contributed by atoms with E-state index in [0.717, 1.165) is 24.0 Å². The van der Waals surface area contributed by atoms with Crippen molar-refractivity contribution >= 4 is 31.9 Å². The van der Waals surface area contributed by atoms with Crippen molar-refractivity contribution in [2.24, 2.45) is 0 Å². The quantitative estimate of drug-likeness (QED) is 0.624. The molecule has 6 nitrogen and oxygen atoms in total. The van der Waals surface area contributed by atoms with Gasteiger partial charge in [-0.25, -0.2) is 8.42 Å². The van der Waals surface area contributed by atoms with Crippen LogP contribution in [0.5, 0.6) is 0 Å². The van der Waals surface area contributed by atoms with Crippen LogP contribution in [-0.4, -0.2) is 38.3 Å². The van der Waals surface area contributed by atoms with E-state index in [1.54, 1.807) is 6.07 Å². The maximum atomic E-state index is 12.8. The first-order valence-electron chi connectivity index (χ1n) is 9.66. The van der Waals surface area contributed by atoms with Gasteiger partial charge in [-0.3, -0.25) is 4.79 Å². The van der Waals surface area contributed by atoms with E-state index in [0.29, 0.717) is 42.9 Å². The highest BCUT2D eigenvalue weighted by Gasteiger charge is 2.28. The minimum absolute atomic E-state index is 0.143. The number of carbonyl (C=O) groups is 1. The summed E-state index contributed by atoms with van der Waals surface area (Å²) in [6, 6.07) is 12.3. The molecule has 29 heavy (non-hydrogen) atoms. The van der Waals surface area contributed by atoms with Gasteiger partial charge in [-0.1, -0.05) is 24.3 Å². The fourth-order valence-corrected chi connectivity index (χ4v) is 5.24. The Hall–Kier alpha value is -1.74. The molecule has 2 aromatic carbocycles. The Morgan fingerprint density at radius 2 is 1.83 bits per heavy atom. The van der Waals surface area contributed by atoms with E-state index in [1.165, 1.54) is 16.4 Å². The number of ether oxygens (including phenoxy) is 1. The molecular weight excluding hydrogens is 456 g/mol. The Bertz CT molecular complexity index is 972. The van der Waals surface area contributed by atoms with E-state index in [1.807, 2.05) is 31.2 Å². The zero-order chi connectivity index (χ0) is 20.9. The Morgan fingerprint density at radius 3 is 2.52 bits per heavy atom. The van der Waals surface area contributed by atoms with E-state index >= 15 is 0 Å². The van der Waals surface area contributed by atoms with Crippen molar-refractivity contribution in [2.45, 2.75) is 37.8 Å². The summed E-state index contributed by atoms with van der Waals surface area (Å²) in [4.78, 5) is 12.9. The van der Waals surface area contributed by atoms with Crippen molar-refractivity contribution < 1.29 is 17.9 Å². The molecule has 0 spiro atoms. The van der Waals surface area contributed by atoms with Gasteiger partial charge in [0.1, 0.15) is 0 Å². The second kappa shape index (κ2) is 9.84. The standard InChI is InChI=1S/C21H25BrN2O4S/c1-2-28-15-17-8-4-3-7-16(17)14-23-21(25)19-13-18(9-10-20(19)22)29(26,27)24-11-5-6-12-24/h3-4,7-10,13H,2,5-6,11-12,14-15H2,1H3,(H,23,25). The Labute approximate surface area is 180 Å². The Balaban J connectivity index is 1.76. The van der Waals surface area contributed by atoms with Gasteiger partial charge < -0.3 is 10.1 Å². The topological polar surface area (TPSA) is 75.7 Å². The number of hydrogen-bond acceptors (Lipinski definition) is 4. The number of benzene rings is 2. The highest BCUT2D eigenvalue weighted by atomic mass is 79.9. The van der Waals surface area contributed by atoms with Crippen molar-refractivity contribution in [3.8, 4) is 0 Å². The van der Waals surface area contributed by atoms with Gasteiger partial charge in [0.15, 0.2) is 0 Å².